The fraction of sp³-hybridized carbons (Fsp3) is 0.720. The Morgan fingerprint density at radius 1 is 0.742 bits per heavy atom. The van der Waals surface area contributed by atoms with E-state index in [1.54, 1.807) is 6.33 Å². The van der Waals surface area contributed by atoms with E-state index in [9.17, 15) is 8.42 Å². The van der Waals surface area contributed by atoms with Crippen molar-refractivity contribution in [2.75, 3.05) is 5.75 Å². The molecule has 0 radical (unpaired) electrons. The number of nitrogens with zero attached hydrogens (tertiary/aromatic N) is 1. The van der Waals surface area contributed by atoms with E-state index >= 15 is 0 Å². The van der Waals surface area contributed by atoms with Crippen molar-refractivity contribution in [2.24, 2.45) is 0 Å². The summed E-state index contributed by atoms with van der Waals surface area (Å²) in [5.41, 5.74) is 2.12. The first-order valence-corrected chi connectivity index (χ1v) is 14.0. The molecule has 0 atom stereocenters. The molecule has 2 rings (SSSR count). The molecule has 0 saturated heterocycles. The smallest absolute Gasteiger partial charge is 0.264 e. The number of imidazole rings is 1. The molecular weight excluding hydrogens is 408 g/mol. The number of para-hydroxylation sites is 2. The molecule has 1 heterocycles. The van der Waals surface area contributed by atoms with Crippen LogP contribution < -0.4 is 0 Å². The van der Waals surface area contributed by atoms with Gasteiger partial charge >= 0.3 is 0 Å². The summed E-state index contributed by atoms with van der Waals surface area (Å²) in [7, 11) is -3.74. The molecule has 0 fully saturated rings. The van der Waals surface area contributed by atoms with Crippen molar-refractivity contribution in [3.8, 4) is 0 Å². The lowest BCUT2D eigenvalue weighted by molar-refractivity contribution is 0.478. The van der Waals surface area contributed by atoms with Crippen LogP contribution in [0.15, 0.2) is 30.6 Å². The van der Waals surface area contributed by atoms with Crippen molar-refractivity contribution < 1.29 is 13.0 Å². The minimum Gasteiger partial charge on any atom is -0.345 e. The molecular formula is C25H44N2O3S. The van der Waals surface area contributed by atoms with Gasteiger partial charge in [-0.1, -0.05) is 115 Å². The SMILES string of the molecule is CCCCCCCCCCCCCCCCCCS(=O)(=O)O.c1ccc2[nH]cnc2c1. The van der Waals surface area contributed by atoms with Gasteiger partial charge in [-0.3, -0.25) is 4.55 Å². The molecule has 5 nitrogen and oxygen atoms in total. The van der Waals surface area contributed by atoms with E-state index in [1.807, 2.05) is 24.3 Å². The Morgan fingerprint density at radius 2 is 1.19 bits per heavy atom. The standard InChI is InChI=1S/C18H38O3S.C7H6N2/c1-2-3-4-5-6-7-8-9-10-11-12-13-14-15-16-17-18-22(19,20)21;1-2-4-7-6(3-1)8-5-9-7/h2-18H2,1H3,(H,19,20,21);1-5H,(H,8,9). The molecule has 1 aromatic carbocycles. The monoisotopic (exact) mass is 452 g/mol. The number of fused-ring (bicyclic) bond motifs is 1. The molecule has 0 aliphatic carbocycles. The highest BCUT2D eigenvalue weighted by Crippen LogP contribution is 2.13. The van der Waals surface area contributed by atoms with Gasteiger partial charge in [-0.2, -0.15) is 8.42 Å². The van der Waals surface area contributed by atoms with Crippen LogP contribution in [0.3, 0.4) is 0 Å². The number of H-pyrrole nitrogens is 1. The molecule has 1 aromatic heterocycles. The maximum atomic E-state index is 10.5. The van der Waals surface area contributed by atoms with Crippen LogP contribution in [0.25, 0.3) is 11.0 Å². The summed E-state index contributed by atoms with van der Waals surface area (Å²) >= 11 is 0. The van der Waals surface area contributed by atoms with Crippen LogP contribution in [0.5, 0.6) is 0 Å². The van der Waals surface area contributed by atoms with E-state index in [1.165, 1.54) is 83.5 Å². The molecule has 6 heteroatoms. The van der Waals surface area contributed by atoms with E-state index in [2.05, 4.69) is 16.9 Å². The van der Waals surface area contributed by atoms with Crippen LogP contribution in [0, 0.1) is 0 Å². The number of hydrogen-bond donors (Lipinski definition) is 2. The molecule has 0 aliphatic rings. The van der Waals surface area contributed by atoms with Crippen molar-refractivity contribution in [2.45, 2.75) is 110 Å². The van der Waals surface area contributed by atoms with Crippen molar-refractivity contribution in [1.82, 2.24) is 9.97 Å². The number of nitrogens with one attached hydrogen (secondary N) is 1. The zero-order valence-electron chi connectivity index (χ0n) is 19.5. The highest BCUT2D eigenvalue weighted by molar-refractivity contribution is 7.85. The van der Waals surface area contributed by atoms with Gasteiger partial charge in [0.25, 0.3) is 10.1 Å². The van der Waals surface area contributed by atoms with Crippen molar-refractivity contribution >= 4 is 21.2 Å². The summed E-state index contributed by atoms with van der Waals surface area (Å²) in [6.45, 7) is 2.26. The van der Waals surface area contributed by atoms with Gasteiger partial charge < -0.3 is 4.98 Å². The van der Waals surface area contributed by atoms with Gasteiger partial charge in [-0.15, -0.1) is 0 Å². The average molecular weight is 453 g/mol. The summed E-state index contributed by atoms with van der Waals surface area (Å²) < 4.78 is 29.7. The largest absolute Gasteiger partial charge is 0.345 e. The Balaban J connectivity index is 0.000000432. The highest BCUT2D eigenvalue weighted by atomic mass is 32.2. The highest BCUT2D eigenvalue weighted by Gasteiger charge is 2.02. The van der Waals surface area contributed by atoms with E-state index in [0.29, 0.717) is 6.42 Å². The lowest BCUT2D eigenvalue weighted by Crippen LogP contribution is -2.03. The van der Waals surface area contributed by atoms with E-state index in [0.717, 1.165) is 23.9 Å². The number of benzene rings is 1. The van der Waals surface area contributed by atoms with E-state index in [4.69, 9.17) is 4.55 Å². The number of rotatable bonds is 17. The quantitative estimate of drug-likeness (QED) is 0.190. The minimum absolute atomic E-state index is 0.0779. The molecule has 2 aromatic rings. The lowest BCUT2D eigenvalue weighted by Gasteiger charge is -2.03. The van der Waals surface area contributed by atoms with Gasteiger partial charge in [0, 0.05) is 0 Å². The summed E-state index contributed by atoms with van der Waals surface area (Å²) in [5.74, 6) is -0.0779. The summed E-state index contributed by atoms with van der Waals surface area (Å²) in [6, 6.07) is 7.94. The second kappa shape index (κ2) is 18.2. The van der Waals surface area contributed by atoms with Crippen LogP contribution in [0.2, 0.25) is 0 Å². The molecule has 31 heavy (non-hydrogen) atoms. The Morgan fingerprint density at radius 3 is 1.65 bits per heavy atom. The van der Waals surface area contributed by atoms with Crippen molar-refractivity contribution in [3.63, 3.8) is 0 Å². The van der Waals surface area contributed by atoms with Gasteiger partial charge in [0.15, 0.2) is 0 Å². The lowest BCUT2D eigenvalue weighted by atomic mass is 10.0. The second-order valence-corrected chi connectivity index (χ2v) is 10.1. The van der Waals surface area contributed by atoms with Gasteiger partial charge in [0.05, 0.1) is 23.1 Å². The molecule has 0 unspecified atom stereocenters. The third-order valence-electron chi connectivity index (χ3n) is 5.58. The summed E-state index contributed by atoms with van der Waals surface area (Å²) in [4.78, 5) is 7.07. The Hall–Kier alpha value is -1.40. The minimum atomic E-state index is -3.74. The maximum Gasteiger partial charge on any atom is 0.264 e. The van der Waals surface area contributed by atoms with E-state index < -0.39 is 10.1 Å². The fourth-order valence-electron chi connectivity index (χ4n) is 3.71. The fourth-order valence-corrected chi connectivity index (χ4v) is 4.28. The summed E-state index contributed by atoms with van der Waals surface area (Å²) in [5, 5.41) is 0. The molecule has 2 N–H and O–H groups in total. The molecule has 0 spiro atoms. The third kappa shape index (κ3) is 16.9. The van der Waals surface area contributed by atoms with Gasteiger partial charge in [-0.25, -0.2) is 4.98 Å². The van der Waals surface area contributed by atoms with Crippen LogP contribution in [-0.2, 0) is 10.1 Å². The normalized spacial score (nSPS) is 11.4. The molecule has 0 aliphatic heterocycles. The second-order valence-electron chi connectivity index (χ2n) is 8.51. The van der Waals surface area contributed by atoms with E-state index in [-0.39, 0.29) is 5.75 Å². The van der Waals surface area contributed by atoms with Crippen molar-refractivity contribution in [1.29, 1.82) is 0 Å². The van der Waals surface area contributed by atoms with Crippen LogP contribution in [-0.4, -0.2) is 28.7 Å². The first-order valence-electron chi connectivity index (χ1n) is 12.4. The van der Waals surface area contributed by atoms with Crippen LogP contribution in [0.4, 0.5) is 0 Å². The maximum absolute atomic E-state index is 10.5. The Kier molecular flexibility index (Phi) is 16.2. The number of aromatic amines is 1. The summed E-state index contributed by atoms with van der Waals surface area (Å²) in [6.07, 6.45) is 22.0. The van der Waals surface area contributed by atoms with Gasteiger partial charge in [0.2, 0.25) is 0 Å². The van der Waals surface area contributed by atoms with Crippen LogP contribution in [0.1, 0.15) is 110 Å². The topological polar surface area (TPSA) is 83.0 Å². The zero-order valence-corrected chi connectivity index (χ0v) is 20.3. The van der Waals surface area contributed by atoms with Gasteiger partial charge in [-0.05, 0) is 18.6 Å². The number of aromatic nitrogens is 2. The Labute approximate surface area is 190 Å². The average Bonchev–Trinajstić information content (AvgIpc) is 3.22. The first-order chi connectivity index (χ1) is 15.0. The van der Waals surface area contributed by atoms with Crippen molar-refractivity contribution in [3.05, 3.63) is 30.6 Å². The number of unbranched alkanes of at least 4 members (excludes halogenated alkanes) is 15. The molecule has 0 bridgehead atoms. The molecule has 178 valence electrons. The first kappa shape index (κ1) is 27.6. The predicted octanol–water partition coefficient (Wildman–Crippen LogP) is 7.70. The zero-order chi connectivity index (χ0) is 22.6. The third-order valence-corrected chi connectivity index (χ3v) is 6.39. The number of hydrogen-bond acceptors (Lipinski definition) is 3. The molecule has 0 amide bonds. The van der Waals surface area contributed by atoms with Gasteiger partial charge in [0.1, 0.15) is 0 Å². The Bertz CT molecular complexity index is 729. The van der Waals surface area contributed by atoms with Crippen LogP contribution >= 0.6 is 0 Å². The molecule has 0 saturated carbocycles. The predicted molar refractivity (Wildman–Crippen MR) is 132 cm³/mol.